The van der Waals surface area contributed by atoms with Gasteiger partial charge in [0.25, 0.3) is 0 Å². The maximum absolute atomic E-state index is 6.08. The first kappa shape index (κ1) is 11.0. The summed E-state index contributed by atoms with van der Waals surface area (Å²) in [5, 5.41) is 0. The third-order valence-corrected chi connectivity index (χ3v) is 4.25. The summed E-state index contributed by atoms with van der Waals surface area (Å²) in [6.07, 6.45) is 0.315. The van der Waals surface area contributed by atoms with Gasteiger partial charge in [-0.15, -0.1) is 0 Å². The molecule has 0 aromatic rings. The van der Waals surface area contributed by atoms with Crippen LogP contribution in [0.25, 0.3) is 0 Å². The summed E-state index contributed by atoms with van der Waals surface area (Å²) in [4.78, 5) is 0. The summed E-state index contributed by atoms with van der Waals surface area (Å²) < 4.78 is 23.4. The van der Waals surface area contributed by atoms with Crippen LogP contribution in [0.4, 0.5) is 0 Å². The first-order chi connectivity index (χ1) is 7.28. The van der Waals surface area contributed by atoms with Crippen LogP contribution in [0.3, 0.4) is 0 Å². The fourth-order valence-corrected chi connectivity index (χ4v) is 3.16. The molecule has 92 valence electrons. The molecular formula is C12H20O4. The molecule has 0 aromatic heterocycles. The lowest BCUT2D eigenvalue weighted by Gasteiger charge is -2.31. The zero-order valence-corrected chi connectivity index (χ0v) is 10.6. The number of fused-ring (bicyclic) bond motifs is 1. The smallest absolute Gasteiger partial charge is 0.198 e. The molecule has 0 unspecified atom stereocenters. The van der Waals surface area contributed by atoms with E-state index in [-0.39, 0.29) is 18.1 Å². The zero-order valence-electron chi connectivity index (χ0n) is 10.6. The van der Waals surface area contributed by atoms with Crippen LogP contribution in [0.2, 0.25) is 0 Å². The van der Waals surface area contributed by atoms with Crippen molar-refractivity contribution in [3.05, 3.63) is 0 Å². The molecular weight excluding hydrogens is 208 g/mol. The molecule has 0 spiro atoms. The van der Waals surface area contributed by atoms with Gasteiger partial charge < -0.3 is 18.9 Å². The van der Waals surface area contributed by atoms with Crippen LogP contribution in [0, 0.1) is 5.92 Å². The van der Waals surface area contributed by atoms with E-state index in [1.165, 1.54) is 0 Å². The predicted octanol–water partition coefficient (Wildman–Crippen LogP) is 1.68. The van der Waals surface area contributed by atoms with Crippen molar-refractivity contribution in [2.75, 3.05) is 6.61 Å². The molecule has 0 aromatic carbocycles. The normalized spacial score (nSPS) is 58.7. The monoisotopic (exact) mass is 228 g/mol. The summed E-state index contributed by atoms with van der Waals surface area (Å²) in [7, 11) is 0. The van der Waals surface area contributed by atoms with E-state index in [9.17, 15) is 0 Å². The van der Waals surface area contributed by atoms with E-state index in [0.717, 1.165) is 6.61 Å². The molecule has 4 heteroatoms. The Labute approximate surface area is 96.2 Å². The number of hydrogen-bond donors (Lipinski definition) is 0. The van der Waals surface area contributed by atoms with Crippen LogP contribution in [0.5, 0.6) is 0 Å². The number of hydrogen-bond acceptors (Lipinski definition) is 4. The quantitative estimate of drug-likeness (QED) is 0.640. The Morgan fingerprint density at radius 1 is 1.06 bits per heavy atom. The zero-order chi connectivity index (χ0) is 11.8. The lowest BCUT2D eigenvalue weighted by Crippen LogP contribution is -2.46. The largest absolute Gasteiger partial charge is 0.370 e. The molecule has 3 heterocycles. The molecule has 0 N–H and O–H groups in total. The van der Waals surface area contributed by atoms with Crippen LogP contribution in [-0.4, -0.2) is 36.0 Å². The van der Waals surface area contributed by atoms with Crippen molar-refractivity contribution in [3.8, 4) is 0 Å². The summed E-state index contributed by atoms with van der Waals surface area (Å²) in [5.74, 6) is -0.966. The van der Waals surface area contributed by atoms with Crippen molar-refractivity contribution >= 4 is 0 Å². The van der Waals surface area contributed by atoms with Crippen molar-refractivity contribution in [2.45, 2.75) is 64.0 Å². The second-order valence-corrected chi connectivity index (χ2v) is 5.90. The van der Waals surface area contributed by atoms with Crippen molar-refractivity contribution < 1.29 is 18.9 Å². The van der Waals surface area contributed by atoms with Crippen molar-refractivity contribution in [3.63, 3.8) is 0 Å². The fourth-order valence-electron chi connectivity index (χ4n) is 3.16. The molecule has 0 radical (unpaired) electrons. The molecule has 3 aliphatic heterocycles. The second kappa shape index (κ2) is 2.80. The molecule has 3 rings (SSSR count). The van der Waals surface area contributed by atoms with E-state index in [1.807, 2.05) is 20.8 Å². The summed E-state index contributed by atoms with van der Waals surface area (Å²) in [5.41, 5.74) is -0.396. The Morgan fingerprint density at radius 2 is 1.69 bits per heavy atom. The maximum atomic E-state index is 6.08. The van der Waals surface area contributed by atoms with E-state index in [0.29, 0.717) is 0 Å². The Morgan fingerprint density at radius 3 is 2.19 bits per heavy atom. The van der Waals surface area contributed by atoms with E-state index in [4.69, 9.17) is 18.9 Å². The van der Waals surface area contributed by atoms with E-state index >= 15 is 0 Å². The lowest BCUT2D eigenvalue weighted by atomic mass is 9.83. The van der Waals surface area contributed by atoms with Crippen LogP contribution in [-0.2, 0) is 18.9 Å². The van der Waals surface area contributed by atoms with Gasteiger partial charge in [0.05, 0.1) is 12.7 Å². The van der Waals surface area contributed by atoms with Gasteiger partial charge in [-0.25, -0.2) is 0 Å². The lowest BCUT2D eigenvalue weighted by molar-refractivity contribution is -0.254. The molecule has 3 aliphatic rings. The van der Waals surface area contributed by atoms with E-state index in [2.05, 4.69) is 13.8 Å². The summed E-state index contributed by atoms with van der Waals surface area (Å²) >= 11 is 0. The maximum Gasteiger partial charge on any atom is 0.198 e. The molecule has 16 heavy (non-hydrogen) atoms. The summed E-state index contributed by atoms with van der Waals surface area (Å²) in [6.45, 7) is 10.9. The molecule has 5 atom stereocenters. The highest BCUT2D eigenvalue weighted by Gasteiger charge is 2.70. The van der Waals surface area contributed by atoms with Gasteiger partial charge in [-0.3, -0.25) is 0 Å². The first-order valence-electron chi connectivity index (χ1n) is 5.97. The van der Waals surface area contributed by atoms with Crippen molar-refractivity contribution in [1.82, 2.24) is 0 Å². The van der Waals surface area contributed by atoms with Gasteiger partial charge in [0, 0.05) is 5.92 Å². The minimum absolute atomic E-state index is 0.0890. The van der Waals surface area contributed by atoms with Crippen LogP contribution >= 0.6 is 0 Å². The third kappa shape index (κ3) is 1.24. The van der Waals surface area contributed by atoms with Crippen molar-refractivity contribution in [1.29, 1.82) is 0 Å². The van der Waals surface area contributed by atoms with Gasteiger partial charge in [-0.05, 0) is 27.7 Å². The molecule has 3 fully saturated rings. The topological polar surface area (TPSA) is 40.2 Å². The minimum atomic E-state index is -0.660. The predicted molar refractivity (Wildman–Crippen MR) is 56.8 cm³/mol. The molecule has 0 amide bonds. The fraction of sp³-hybridized carbons (Fsp3) is 1.00. The van der Waals surface area contributed by atoms with Gasteiger partial charge in [0.2, 0.25) is 0 Å². The van der Waals surface area contributed by atoms with E-state index < -0.39 is 17.2 Å². The molecule has 0 saturated carbocycles. The average Bonchev–Trinajstić information content (AvgIpc) is 2.87. The van der Waals surface area contributed by atoms with E-state index in [1.54, 1.807) is 0 Å². The average molecular weight is 228 g/mol. The Hall–Kier alpha value is -0.160. The Bertz CT molecular complexity index is 325. The highest BCUT2D eigenvalue weighted by molar-refractivity contribution is 5.10. The standard InChI is InChI=1S/C12H20O4/c1-7-9(8-6-13-8)14-12(5)11(7,4)15-10(2,3)16-12/h7-9H,6H2,1-5H3/t7-,8+,9-,11+,12+/m0/s1. The number of rotatable bonds is 1. The summed E-state index contributed by atoms with van der Waals surface area (Å²) in [6, 6.07) is 0. The first-order valence-corrected chi connectivity index (χ1v) is 5.97. The minimum Gasteiger partial charge on any atom is -0.370 e. The van der Waals surface area contributed by atoms with Crippen LogP contribution in [0.1, 0.15) is 34.6 Å². The third-order valence-electron chi connectivity index (χ3n) is 4.25. The van der Waals surface area contributed by atoms with Gasteiger partial charge in [0.15, 0.2) is 11.6 Å². The number of ether oxygens (including phenoxy) is 4. The Kier molecular flexibility index (Phi) is 1.92. The number of epoxide rings is 1. The molecule has 0 bridgehead atoms. The highest BCUT2D eigenvalue weighted by atomic mass is 16.9. The molecule has 3 saturated heterocycles. The Balaban J connectivity index is 1.93. The second-order valence-electron chi connectivity index (χ2n) is 5.90. The van der Waals surface area contributed by atoms with Gasteiger partial charge >= 0.3 is 0 Å². The van der Waals surface area contributed by atoms with Crippen LogP contribution in [0.15, 0.2) is 0 Å². The SMILES string of the molecule is C[C@H]1[C@@H]([C@H]2CO2)O[C@]2(C)OC(C)(C)O[C@]12C. The van der Waals surface area contributed by atoms with Crippen molar-refractivity contribution in [2.24, 2.45) is 5.92 Å². The molecule has 4 nitrogen and oxygen atoms in total. The van der Waals surface area contributed by atoms with Gasteiger partial charge in [0.1, 0.15) is 11.7 Å². The highest BCUT2D eigenvalue weighted by Crippen LogP contribution is 2.56. The van der Waals surface area contributed by atoms with Gasteiger partial charge in [-0.2, -0.15) is 0 Å². The molecule has 0 aliphatic carbocycles. The van der Waals surface area contributed by atoms with Gasteiger partial charge in [-0.1, -0.05) is 6.92 Å². The van der Waals surface area contributed by atoms with Crippen LogP contribution < -0.4 is 0 Å².